The zero-order valence-electron chi connectivity index (χ0n) is 14.2. The van der Waals surface area contributed by atoms with Crippen LogP contribution in [0.2, 0.25) is 0 Å². The van der Waals surface area contributed by atoms with Gasteiger partial charge in [-0.25, -0.2) is 0 Å². The van der Waals surface area contributed by atoms with Crippen molar-refractivity contribution in [2.24, 2.45) is 4.99 Å². The molecule has 3 rings (SSSR count). The second-order valence-electron chi connectivity index (χ2n) is 6.15. The number of benzene rings is 1. The van der Waals surface area contributed by atoms with Crippen LogP contribution < -0.4 is 5.32 Å². The van der Waals surface area contributed by atoms with E-state index in [1.165, 1.54) is 6.42 Å². The second kappa shape index (κ2) is 8.44. The first-order chi connectivity index (χ1) is 11.8. The van der Waals surface area contributed by atoms with Gasteiger partial charge in [0.25, 0.3) is 0 Å². The first kappa shape index (κ1) is 17.2. The second-order valence-corrected chi connectivity index (χ2v) is 7.72. The minimum absolute atomic E-state index is 0.594. The van der Waals surface area contributed by atoms with Crippen LogP contribution in [0.3, 0.4) is 0 Å². The number of nitrogens with one attached hydrogen (secondary N) is 1. The van der Waals surface area contributed by atoms with Crippen molar-refractivity contribution in [3.05, 3.63) is 42.5 Å². The minimum atomic E-state index is -0.965. The third kappa shape index (κ3) is 4.24. The molecule has 1 fully saturated rings. The highest BCUT2D eigenvalue weighted by atomic mass is 32.2. The molecule has 0 radical (unpaired) electrons. The Bertz CT molecular complexity index is 609. The molecule has 0 aliphatic carbocycles. The van der Waals surface area contributed by atoms with Gasteiger partial charge in [-0.3, -0.25) is 14.1 Å². The molecule has 1 aromatic rings. The van der Waals surface area contributed by atoms with Crippen molar-refractivity contribution >= 4 is 16.8 Å². The molecule has 0 saturated carbocycles. The van der Waals surface area contributed by atoms with Gasteiger partial charge in [0.1, 0.15) is 0 Å². The summed E-state index contributed by atoms with van der Waals surface area (Å²) in [5.74, 6) is 1.52. The van der Waals surface area contributed by atoms with Gasteiger partial charge in [-0.1, -0.05) is 30.4 Å². The summed E-state index contributed by atoms with van der Waals surface area (Å²) in [5.41, 5.74) is 0. The van der Waals surface area contributed by atoms with Crippen molar-refractivity contribution in [2.45, 2.75) is 17.4 Å². The third-order valence-electron chi connectivity index (χ3n) is 4.61. The van der Waals surface area contributed by atoms with Gasteiger partial charge in [0, 0.05) is 56.5 Å². The Morgan fingerprint density at radius 3 is 2.75 bits per heavy atom. The number of rotatable bonds is 5. The fourth-order valence-electron chi connectivity index (χ4n) is 3.30. The van der Waals surface area contributed by atoms with E-state index in [0.717, 1.165) is 37.0 Å². The first-order valence-corrected chi connectivity index (χ1v) is 9.88. The number of hydrogen-bond acceptors (Lipinski definition) is 3. The quantitative estimate of drug-likeness (QED) is 0.496. The van der Waals surface area contributed by atoms with Crippen molar-refractivity contribution < 1.29 is 4.21 Å². The summed E-state index contributed by atoms with van der Waals surface area (Å²) in [6.07, 6.45) is 5.67. The van der Waals surface area contributed by atoms with Gasteiger partial charge in [0.2, 0.25) is 0 Å². The van der Waals surface area contributed by atoms with E-state index in [1.54, 1.807) is 0 Å². The third-order valence-corrected chi connectivity index (χ3v) is 5.99. The summed E-state index contributed by atoms with van der Waals surface area (Å²) in [4.78, 5) is 10.1. The first-order valence-electron chi connectivity index (χ1n) is 8.56. The fraction of sp³-hybridized carbons (Fsp3) is 0.500. The highest BCUT2D eigenvalue weighted by Gasteiger charge is 2.29. The Hall–Kier alpha value is -1.66. The maximum absolute atomic E-state index is 12.3. The fourth-order valence-corrected chi connectivity index (χ4v) is 4.29. The Balaban J connectivity index is 1.45. The molecule has 0 bridgehead atoms. The monoisotopic (exact) mass is 346 g/mol. The lowest BCUT2D eigenvalue weighted by Crippen LogP contribution is -2.43. The molecule has 2 aliphatic heterocycles. The van der Waals surface area contributed by atoms with Crippen LogP contribution in [0.25, 0.3) is 0 Å². The number of likely N-dealkylation sites (tertiary alicyclic amines) is 1. The lowest BCUT2D eigenvalue weighted by Gasteiger charge is -2.25. The maximum atomic E-state index is 12.3. The molecule has 24 heavy (non-hydrogen) atoms. The van der Waals surface area contributed by atoms with Crippen molar-refractivity contribution in [1.82, 2.24) is 15.1 Å². The maximum Gasteiger partial charge on any atom is 0.193 e. The molecule has 6 heteroatoms. The van der Waals surface area contributed by atoms with E-state index in [0.29, 0.717) is 18.3 Å². The molecule has 5 nitrogen and oxygen atoms in total. The predicted molar refractivity (Wildman–Crippen MR) is 99.8 cm³/mol. The lowest BCUT2D eigenvalue weighted by atomic mass is 10.2. The van der Waals surface area contributed by atoms with Crippen LogP contribution in [0, 0.1) is 0 Å². The Labute approximate surface area is 146 Å². The van der Waals surface area contributed by atoms with Crippen LogP contribution in [0.15, 0.2) is 52.4 Å². The summed E-state index contributed by atoms with van der Waals surface area (Å²) < 4.78 is 12.3. The average molecular weight is 347 g/mol. The van der Waals surface area contributed by atoms with Crippen molar-refractivity contribution in [3.63, 3.8) is 0 Å². The minimum Gasteiger partial charge on any atom is -0.355 e. The van der Waals surface area contributed by atoms with Crippen molar-refractivity contribution in [2.75, 3.05) is 45.5 Å². The average Bonchev–Trinajstić information content (AvgIpc) is 3.30. The van der Waals surface area contributed by atoms with E-state index in [2.05, 4.69) is 32.3 Å². The predicted octanol–water partition coefficient (Wildman–Crippen LogP) is 1.32. The Morgan fingerprint density at radius 1 is 1.29 bits per heavy atom. The van der Waals surface area contributed by atoms with E-state index in [4.69, 9.17) is 0 Å². The van der Waals surface area contributed by atoms with Gasteiger partial charge in [-0.15, -0.1) is 0 Å². The van der Waals surface area contributed by atoms with E-state index in [1.807, 2.05) is 37.4 Å². The van der Waals surface area contributed by atoms with Gasteiger partial charge in [-0.2, -0.15) is 0 Å². The molecule has 130 valence electrons. The van der Waals surface area contributed by atoms with Gasteiger partial charge in [-0.05, 0) is 18.6 Å². The van der Waals surface area contributed by atoms with Crippen LogP contribution in [-0.2, 0) is 10.8 Å². The number of nitrogens with zero attached hydrogens (tertiary/aromatic N) is 3. The molecule has 2 unspecified atom stereocenters. The number of hydrogen-bond donors (Lipinski definition) is 1. The zero-order chi connectivity index (χ0) is 16.8. The molecular formula is C18H26N4OS. The lowest BCUT2D eigenvalue weighted by molar-refractivity contribution is 0.259. The Morgan fingerprint density at radius 2 is 2.04 bits per heavy atom. The highest BCUT2D eigenvalue weighted by molar-refractivity contribution is 7.85. The highest BCUT2D eigenvalue weighted by Crippen LogP contribution is 2.17. The van der Waals surface area contributed by atoms with Crippen LogP contribution in [-0.4, -0.2) is 71.5 Å². The van der Waals surface area contributed by atoms with Crippen LogP contribution >= 0.6 is 0 Å². The van der Waals surface area contributed by atoms with Gasteiger partial charge in [0.05, 0.1) is 10.8 Å². The van der Waals surface area contributed by atoms with Crippen molar-refractivity contribution in [3.8, 4) is 0 Å². The summed E-state index contributed by atoms with van der Waals surface area (Å²) in [5, 5.41) is 3.37. The van der Waals surface area contributed by atoms with E-state index in [-0.39, 0.29) is 0 Å². The molecule has 1 N–H and O–H groups in total. The normalized spacial score (nSPS) is 23.0. The molecular weight excluding hydrogens is 320 g/mol. The standard InChI is InChI=1S/C18H26N4OS/c1-19-18(20-10-14-24(23)17-7-3-2-4-8-17)22-13-9-16(15-22)21-11-5-6-12-21/h2-8,16H,9-15H2,1H3,(H,19,20). The van der Waals surface area contributed by atoms with E-state index < -0.39 is 10.8 Å². The largest absolute Gasteiger partial charge is 0.355 e. The SMILES string of the molecule is CN=C(NCCS(=O)c1ccccc1)N1CCC(N2CC=CC2)C1. The zero-order valence-corrected chi connectivity index (χ0v) is 15.0. The van der Waals surface area contributed by atoms with E-state index in [9.17, 15) is 4.21 Å². The molecule has 2 aliphatic rings. The number of aliphatic imine (C=N–C) groups is 1. The van der Waals surface area contributed by atoms with Crippen LogP contribution in [0.1, 0.15) is 6.42 Å². The smallest absolute Gasteiger partial charge is 0.193 e. The van der Waals surface area contributed by atoms with Crippen molar-refractivity contribution in [1.29, 1.82) is 0 Å². The molecule has 2 atom stereocenters. The summed E-state index contributed by atoms with van der Waals surface area (Å²) in [6, 6.07) is 10.2. The van der Waals surface area contributed by atoms with Gasteiger partial charge >= 0.3 is 0 Å². The van der Waals surface area contributed by atoms with Crippen LogP contribution in [0.4, 0.5) is 0 Å². The van der Waals surface area contributed by atoms with E-state index >= 15 is 0 Å². The molecule has 1 aromatic carbocycles. The molecule has 0 aromatic heterocycles. The number of guanidine groups is 1. The van der Waals surface area contributed by atoms with Gasteiger partial charge < -0.3 is 10.2 Å². The molecule has 2 heterocycles. The van der Waals surface area contributed by atoms with Crippen LogP contribution in [0.5, 0.6) is 0 Å². The molecule has 0 amide bonds. The molecule has 0 spiro atoms. The topological polar surface area (TPSA) is 47.9 Å². The summed E-state index contributed by atoms with van der Waals surface area (Å²) >= 11 is 0. The Kier molecular flexibility index (Phi) is 6.04. The van der Waals surface area contributed by atoms with Gasteiger partial charge in [0.15, 0.2) is 5.96 Å². The summed E-state index contributed by atoms with van der Waals surface area (Å²) in [6.45, 7) is 4.85. The molecule has 1 saturated heterocycles. The summed E-state index contributed by atoms with van der Waals surface area (Å²) in [7, 11) is 0.856.